The van der Waals surface area contributed by atoms with Crippen LogP contribution in [0.4, 0.5) is 10.1 Å². The number of methoxy groups -OCH3 is 1. The van der Waals surface area contributed by atoms with E-state index in [1.165, 1.54) is 12.3 Å². The Hall–Kier alpha value is -2.43. The Morgan fingerprint density at radius 1 is 1.28 bits per heavy atom. The number of hydrogen-bond acceptors (Lipinski definition) is 3. The van der Waals surface area contributed by atoms with E-state index in [4.69, 9.17) is 4.74 Å². The maximum atomic E-state index is 13.3. The van der Waals surface area contributed by atoms with E-state index in [0.717, 1.165) is 6.20 Å². The molecule has 1 heterocycles. The van der Waals surface area contributed by atoms with Crippen molar-refractivity contribution in [2.24, 2.45) is 0 Å². The summed E-state index contributed by atoms with van der Waals surface area (Å²) in [5.74, 6) is -0.480. The molecule has 0 atom stereocenters. The maximum Gasteiger partial charge on any atom is 0.258 e. The number of hydrogen-bond donors (Lipinski definition) is 1. The second kappa shape index (κ2) is 5.27. The molecule has 5 heteroatoms. The van der Waals surface area contributed by atoms with Gasteiger partial charge in [0.05, 0.1) is 18.9 Å². The molecule has 1 aromatic carbocycles. The third-order valence-corrected chi connectivity index (χ3v) is 2.36. The highest BCUT2D eigenvalue weighted by molar-refractivity contribution is 6.04. The van der Waals surface area contributed by atoms with Crippen molar-refractivity contribution in [3.63, 3.8) is 0 Å². The summed E-state index contributed by atoms with van der Waals surface area (Å²) in [5.41, 5.74) is 0.526. The van der Waals surface area contributed by atoms with Crippen LogP contribution in [0.25, 0.3) is 0 Å². The van der Waals surface area contributed by atoms with Crippen LogP contribution in [-0.2, 0) is 0 Å². The molecule has 0 saturated heterocycles. The van der Waals surface area contributed by atoms with E-state index in [-0.39, 0.29) is 5.56 Å². The number of benzene rings is 1. The highest BCUT2D eigenvalue weighted by Crippen LogP contribution is 2.16. The van der Waals surface area contributed by atoms with E-state index in [2.05, 4.69) is 10.3 Å². The standard InChI is InChI=1S/C13H11FN2O2/c1-18-10-4-2-9(3-5-10)16-13(17)11-6-7-15-8-12(11)14/h2-8H,1H3,(H,16,17). The molecule has 18 heavy (non-hydrogen) atoms. The predicted octanol–water partition coefficient (Wildman–Crippen LogP) is 2.48. The van der Waals surface area contributed by atoms with Crippen molar-refractivity contribution >= 4 is 11.6 Å². The van der Waals surface area contributed by atoms with Gasteiger partial charge in [-0.2, -0.15) is 0 Å². The number of pyridine rings is 1. The predicted molar refractivity (Wildman–Crippen MR) is 65.1 cm³/mol. The SMILES string of the molecule is COc1ccc(NC(=O)c2ccncc2F)cc1. The van der Waals surface area contributed by atoms with Crippen LogP contribution in [0.15, 0.2) is 42.7 Å². The number of rotatable bonds is 3. The fourth-order valence-electron chi connectivity index (χ4n) is 1.43. The number of halogens is 1. The molecule has 4 nitrogen and oxygen atoms in total. The van der Waals surface area contributed by atoms with Gasteiger partial charge in [0.25, 0.3) is 5.91 Å². The number of nitrogens with zero attached hydrogens (tertiary/aromatic N) is 1. The number of ether oxygens (including phenoxy) is 1. The highest BCUT2D eigenvalue weighted by atomic mass is 19.1. The lowest BCUT2D eigenvalue weighted by molar-refractivity contribution is 0.102. The molecule has 2 aromatic rings. The highest BCUT2D eigenvalue weighted by Gasteiger charge is 2.11. The molecule has 1 aromatic heterocycles. The summed E-state index contributed by atoms with van der Waals surface area (Å²) < 4.78 is 18.3. The molecule has 92 valence electrons. The average molecular weight is 246 g/mol. The fourth-order valence-corrected chi connectivity index (χ4v) is 1.43. The lowest BCUT2D eigenvalue weighted by Gasteiger charge is -2.06. The monoisotopic (exact) mass is 246 g/mol. The van der Waals surface area contributed by atoms with Gasteiger partial charge >= 0.3 is 0 Å². The van der Waals surface area contributed by atoms with Crippen molar-refractivity contribution in [3.8, 4) is 5.75 Å². The summed E-state index contributed by atoms with van der Waals surface area (Å²) >= 11 is 0. The van der Waals surface area contributed by atoms with E-state index < -0.39 is 11.7 Å². The first-order valence-corrected chi connectivity index (χ1v) is 5.25. The molecule has 0 radical (unpaired) electrons. The molecule has 0 aliphatic heterocycles. The third-order valence-electron chi connectivity index (χ3n) is 2.36. The second-order valence-corrected chi connectivity index (χ2v) is 3.54. The Morgan fingerprint density at radius 3 is 2.61 bits per heavy atom. The Bertz CT molecular complexity index is 555. The summed E-state index contributed by atoms with van der Waals surface area (Å²) in [4.78, 5) is 15.4. The molecule has 0 aliphatic carbocycles. The fraction of sp³-hybridized carbons (Fsp3) is 0.0769. The normalized spacial score (nSPS) is 9.89. The zero-order valence-electron chi connectivity index (χ0n) is 9.68. The Morgan fingerprint density at radius 2 is 2.00 bits per heavy atom. The van der Waals surface area contributed by atoms with Crippen LogP contribution in [0.5, 0.6) is 5.75 Å². The van der Waals surface area contributed by atoms with E-state index in [1.807, 2.05) is 0 Å². The zero-order chi connectivity index (χ0) is 13.0. The Labute approximate surface area is 103 Å². The molecule has 2 rings (SSSR count). The van der Waals surface area contributed by atoms with E-state index in [1.54, 1.807) is 31.4 Å². The van der Waals surface area contributed by atoms with Gasteiger partial charge in [-0.3, -0.25) is 9.78 Å². The van der Waals surface area contributed by atoms with Crippen molar-refractivity contribution < 1.29 is 13.9 Å². The van der Waals surface area contributed by atoms with Crippen molar-refractivity contribution in [3.05, 3.63) is 54.1 Å². The molecular formula is C13H11FN2O2. The van der Waals surface area contributed by atoms with Crippen LogP contribution in [0.1, 0.15) is 10.4 Å². The topological polar surface area (TPSA) is 51.2 Å². The first-order chi connectivity index (χ1) is 8.70. The molecule has 1 amide bonds. The van der Waals surface area contributed by atoms with Gasteiger partial charge in [0.2, 0.25) is 0 Å². The number of carbonyl (C=O) groups excluding carboxylic acids is 1. The number of nitrogens with one attached hydrogen (secondary N) is 1. The van der Waals surface area contributed by atoms with Crippen LogP contribution in [0, 0.1) is 5.82 Å². The minimum Gasteiger partial charge on any atom is -0.497 e. The Balaban J connectivity index is 2.14. The first kappa shape index (κ1) is 12.0. The number of anilines is 1. The summed E-state index contributed by atoms with van der Waals surface area (Å²) in [7, 11) is 1.56. The number of aromatic nitrogens is 1. The number of carbonyl (C=O) groups is 1. The summed E-state index contributed by atoms with van der Waals surface area (Å²) in [5, 5.41) is 2.59. The molecule has 0 fully saturated rings. The first-order valence-electron chi connectivity index (χ1n) is 5.25. The van der Waals surface area contributed by atoms with Gasteiger partial charge in [-0.05, 0) is 30.3 Å². The van der Waals surface area contributed by atoms with Gasteiger partial charge in [-0.25, -0.2) is 4.39 Å². The van der Waals surface area contributed by atoms with Crippen LogP contribution in [0.2, 0.25) is 0 Å². The van der Waals surface area contributed by atoms with Gasteiger partial charge < -0.3 is 10.1 Å². The largest absolute Gasteiger partial charge is 0.497 e. The lowest BCUT2D eigenvalue weighted by atomic mass is 10.2. The van der Waals surface area contributed by atoms with Gasteiger partial charge in [0, 0.05) is 11.9 Å². The van der Waals surface area contributed by atoms with E-state index in [0.29, 0.717) is 11.4 Å². The molecule has 0 spiro atoms. The minimum absolute atomic E-state index is 0.0409. The van der Waals surface area contributed by atoms with Gasteiger partial charge in [-0.1, -0.05) is 0 Å². The van der Waals surface area contributed by atoms with Crippen molar-refractivity contribution in [1.82, 2.24) is 4.98 Å². The van der Waals surface area contributed by atoms with Crippen LogP contribution < -0.4 is 10.1 Å². The van der Waals surface area contributed by atoms with E-state index in [9.17, 15) is 9.18 Å². The molecular weight excluding hydrogens is 235 g/mol. The summed E-state index contributed by atoms with van der Waals surface area (Å²) in [6.07, 6.45) is 2.37. The molecule has 0 unspecified atom stereocenters. The molecule has 0 saturated carbocycles. The minimum atomic E-state index is -0.650. The van der Waals surface area contributed by atoms with Crippen LogP contribution in [-0.4, -0.2) is 18.0 Å². The van der Waals surface area contributed by atoms with E-state index >= 15 is 0 Å². The zero-order valence-corrected chi connectivity index (χ0v) is 9.68. The maximum absolute atomic E-state index is 13.3. The van der Waals surface area contributed by atoms with Gasteiger partial charge in [-0.15, -0.1) is 0 Å². The number of amides is 1. The summed E-state index contributed by atoms with van der Waals surface area (Å²) in [6, 6.07) is 8.09. The average Bonchev–Trinajstić information content (AvgIpc) is 2.40. The van der Waals surface area contributed by atoms with Gasteiger partial charge in [0.1, 0.15) is 5.75 Å². The molecule has 0 bridgehead atoms. The Kier molecular flexibility index (Phi) is 3.52. The van der Waals surface area contributed by atoms with Crippen LogP contribution in [0.3, 0.4) is 0 Å². The third kappa shape index (κ3) is 2.63. The smallest absolute Gasteiger partial charge is 0.258 e. The molecule has 1 N–H and O–H groups in total. The van der Waals surface area contributed by atoms with Gasteiger partial charge in [0.15, 0.2) is 5.82 Å². The van der Waals surface area contributed by atoms with Crippen molar-refractivity contribution in [1.29, 1.82) is 0 Å². The van der Waals surface area contributed by atoms with Crippen molar-refractivity contribution in [2.45, 2.75) is 0 Å². The van der Waals surface area contributed by atoms with Crippen LogP contribution >= 0.6 is 0 Å². The lowest BCUT2D eigenvalue weighted by Crippen LogP contribution is -2.13. The summed E-state index contributed by atoms with van der Waals surface area (Å²) in [6.45, 7) is 0. The second-order valence-electron chi connectivity index (χ2n) is 3.54. The molecule has 0 aliphatic rings. The van der Waals surface area contributed by atoms with Crippen molar-refractivity contribution in [2.75, 3.05) is 12.4 Å². The quantitative estimate of drug-likeness (QED) is 0.905.